The van der Waals surface area contributed by atoms with Crippen LogP contribution in [-0.4, -0.2) is 20.6 Å². The molecule has 0 aliphatic carbocycles. The lowest BCUT2D eigenvalue weighted by Gasteiger charge is -2.11. The van der Waals surface area contributed by atoms with Gasteiger partial charge in [-0.1, -0.05) is 6.07 Å². The summed E-state index contributed by atoms with van der Waals surface area (Å²) in [7, 11) is 0. The van der Waals surface area contributed by atoms with E-state index >= 15 is 0 Å². The molecule has 0 spiro atoms. The Labute approximate surface area is 150 Å². The Kier molecular flexibility index (Phi) is 4.07. The van der Waals surface area contributed by atoms with E-state index in [9.17, 15) is 14.9 Å². The number of carboxylic acids is 1. The average molecular weight is 431 g/mol. The second-order valence-electron chi connectivity index (χ2n) is 5.19. The van der Waals surface area contributed by atoms with Gasteiger partial charge in [-0.3, -0.25) is 9.36 Å². The molecule has 0 aliphatic rings. The van der Waals surface area contributed by atoms with Crippen LogP contribution in [0.5, 0.6) is 0 Å². The minimum absolute atomic E-state index is 0.0861. The predicted molar refractivity (Wildman–Crippen MR) is 96.5 cm³/mol. The van der Waals surface area contributed by atoms with E-state index in [4.69, 9.17) is 5.11 Å². The van der Waals surface area contributed by atoms with Gasteiger partial charge in [-0.15, -0.1) is 0 Å². The van der Waals surface area contributed by atoms with E-state index in [0.717, 1.165) is 9.13 Å². The molecule has 1 heterocycles. The summed E-state index contributed by atoms with van der Waals surface area (Å²) in [6.45, 7) is 1.78. The highest BCUT2D eigenvalue weighted by atomic mass is 127. The summed E-state index contributed by atoms with van der Waals surface area (Å²) in [6, 6.07) is 9.93. The van der Waals surface area contributed by atoms with Gasteiger partial charge in [-0.05, 0) is 59.3 Å². The van der Waals surface area contributed by atoms with Crippen LogP contribution in [0.2, 0.25) is 0 Å². The van der Waals surface area contributed by atoms with Gasteiger partial charge in [-0.25, -0.2) is 9.78 Å². The summed E-state index contributed by atoms with van der Waals surface area (Å²) in [5, 5.41) is 18.7. The Morgan fingerprint density at radius 3 is 2.75 bits per heavy atom. The van der Waals surface area contributed by atoms with Crippen molar-refractivity contribution in [3.8, 4) is 11.8 Å². The van der Waals surface area contributed by atoms with Crippen molar-refractivity contribution in [2.75, 3.05) is 0 Å². The van der Waals surface area contributed by atoms with Crippen LogP contribution in [0.15, 0.2) is 41.5 Å². The fraction of sp³-hybridized carbons (Fsp3) is 0.0588. The van der Waals surface area contributed by atoms with E-state index < -0.39 is 5.97 Å². The molecule has 0 saturated heterocycles. The first-order chi connectivity index (χ1) is 11.4. The lowest BCUT2D eigenvalue weighted by atomic mass is 10.1. The lowest BCUT2D eigenvalue weighted by Crippen LogP contribution is -2.20. The third-order valence-electron chi connectivity index (χ3n) is 3.66. The zero-order valence-corrected chi connectivity index (χ0v) is 14.6. The van der Waals surface area contributed by atoms with Crippen molar-refractivity contribution >= 4 is 39.5 Å². The highest BCUT2D eigenvalue weighted by Gasteiger charge is 2.13. The Morgan fingerprint density at radius 1 is 1.33 bits per heavy atom. The first-order valence-corrected chi connectivity index (χ1v) is 7.95. The standard InChI is InChI=1S/C17H10IN3O3/c1-9-2-3-10(17(23)24)5-14(9)21-8-20-15-11(7-19)4-12(18)6-13(15)16(21)22/h2-6,8H,1H3,(H,23,24). The average Bonchev–Trinajstić information content (AvgIpc) is 2.55. The van der Waals surface area contributed by atoms with Gasteiger partial charge in [0.2, 0.25) is 0 Å². The van der Waals surface area contributed by atoms with Crippen LogP contribution >= 0.6 is 22.6 Å². The maximum atomic E-state index is 12.8. The zero-order chi connectivity index (χ0) is 17.4. The smallest absolute Gasteiger partial charge is 0.335 e. The number of nitrogens with zero attached hydrogens (tertiary/aromatic N) is 3. The van der Waals surface area contributed by atoms with Crippen molar-refractivity contribution in [1.29, 1.82) is 5.26 Å². The number of aromatic nitrogens is 2. The molecule has 0 fully saturated rings. The second-order valence-corrected chi connectivity index (χ2v) is 6.43. The van der Waals surface area contributed by atoms with Crippen LogP contribution in [-0.2, 0) is 0 Å². The third kappa shape index (κ3) is 2.65. The van der Waals surface area contributed by atoms with E-state index in [1.54, 1.807) is 25.1 Å². The SMILES string of the molecule is Cc1ccc(C(=O)O)cc1-n1cnc2c(C#N)cc(I)cc2c1=O. The van der Waals surface area contributed by atoms with Crippen LogP contribution < -0.4 is 5.56 Å². The molecular weight excluding hydrogens is 421 g/mol. The Morgan fingerprint density at radius 2 is 2.08 bits per heavy atom. The van der Waals surface area contributed by atoms with Crippen LogP contribution in [0.4, 0.5) is 0 Å². The summed E-state index contributed by atoms with van der Waals surface area (Å²) in [5.74, 6) is -1.07. The van der Waals surface area contributed by atoms with E-state index in [1.807, 2.05) is 28.7 Å². The number of aromatic carboxylic acids is 1. The summed E-state index contributed by atoms with van der Waals surface area (Å²) in [4.78, 5) is 28.3. The summed E-state index contributed by atoms with van der Waals surface area (Å²) in [6.07, 6.45) is 1.33. The largest absolute Gasteiger partial charge is 0.478 e. The van der Waals surface area contributed by atoms with Crippen LogP contribution in [0.1, 0.15) is 21.5 Å². The molecule has 1 N–H and O–H groups in total. The molecule has 1 aromatic heterocycles. The van der Waals surface area contributed by atoms with Gasteiger partial charge >= 0.3 is 5.97 Å². The zero-order valence-electron chi connectivity index (χ0n) is 12.4. The second kappa shape index (κ2) is 6.05. The molecule has 3 rings (SSSR count). The Bertz CT molecular complexity index is 1100. The first-order valence-electron chi connectivity index (χ1n) is 6.87. The topological polar surface area (TPSA) is 96.0 Å². The molecule has 0 saturated carbocycles. The highest BCUT2D eigenvalue weighted by Crippen LogP contribution is 2.20. The van der Waals surface area contributed by atoms with Crippen LogP contribution in [0.25, 0.3) is 16.6 Å². The molecule has 0 bridgehead atoms. The molecule has 0 radical (unpaired) electrons. The van der Waals surface area contributed by atoms with Gasteiger partial charge in [0.1, 0.15) is 12.4 Å². The molecule has 0 aliphatic heterocycles. The van der Waals surface area contributed by atoms with Gasteiger partial charge in [-0.2, -0.15) is 5.26 Å². The van der Waals surface area contributed by atoms with Gasteiger partial charge in [0, 0.05) is 3.57 Å². The molecule has 24 heavy (non-hydrogen) atoms. The van der Waals surface area contributed by atoms with Crippen molar-refractivity contribution in [1.82, 2.24) is 9.55 Å². The van der Waals surface area contributed by atoms with Gasteiger partial charge in [0.25, 0.3) is 5.56 Å². The summed E-state index contributed by atoms with van der Waals surface area (Å²) < 4.78 is 2.06. The van der Waals surface area contributed by atoms with Gasteiger partial charge in [0.15, 0.2) is 0 Å². The normalized spacial score (nSPS) is 10.5. The van der Waals surface area contributed by atoms with Crippen molar-refractivity contribution in [3.63, 3.8) is 0 Å². The van der Waals surface area contributed by atoms with E-state index in [0.29, 0.717) is 22.2 Å². The van der Waals surface area contributed by atoms with Crippen molar-refractivity contribution in [3.05, 3.63) is 67.3 Å². The number of rotatable bonds is 2. The first kappa shape index (κ1) is 16.1. The number of nitriles is 1. The summed E-state index contributed by atoms with van der Waals surface area (Å²) >= 11 is 2.04. The molecule has 3 aromatic rings. The Hall–Kier alpha value is -2.73. The minimum atomic E-state index is -1.07. The molecule has 0 amide bonds. The maximum Gasteiger partial charge on any atom is 0.335 e. The fourth-order valence-electron chi connectivity index (χ4n) is 2.46. The quantitative estimate of drug-likeness (QED) is 0.630. The number of halogens is 1. The lowest BCUT2D eigenvalue weighted by molar-refractivity contribution is 0.0697. The van der Waals surface area contributed by atoms with E-state index in [-0.39, 0.29) is 11.1 Å². The predicted octanol–water partition coefficient (Wildman–Crippen LogP) is 2.87. The minimum Gasteiger partial charge on any atom is -0.478 e. The third-order valence-corrected chi connectivity index (χ3v) is 4.29. The Balaban J connectivity index is 2.36. The molecular formula is C17H10IN3O3. The molecule has 7 heteroatoms. The van der Waals surface area contributed by atoms with Crippen molar-refractivity contribution in [2.24, 2.45) is 0 Å². The van der Waals surface area contributed by atoms with Crippen molar-refractivity contribution in [2.45, 2.75) is 6.92 Å². The number of fused-ring (bicyclic) bond motifs is 1. The molecule has 0 unspecified atom stereocenters. The molecule has 118 valence electrons. The number of hydrogen-bond donors (Lipinski definition) is 1. The molecule has 2 aromatic carbocycles. The fourth-order valence-corrected chi connectivity index (χ4v) is 3.08. The molecule has 6 nitrogen and oxygen atoms in total. The van der Waals surface area contributed by atoms with Crippen molar-refractivity contribution < 1.29 is 9.90 Å². The number of carboxylic acid groups (broad SMARTS) is 1. The highest BCUT2D eigenvalue weighted by molar-refractivity contribution is 14.1. The van der Waals surface area contributed by atoms with E-state index in [2.05, 4.69) is 4.98 Å². The van der Waals surface area contributed by atoms with Crippen LogP contribution in [0.3, 0.4) is 0 Å². The van der Waals surface area contributed by atoms with Gasteiger partial charge in [0.05, 0.1) is 27.7 Å². The molecule has 0 atom stereocenters. The monoisotopic (exact) mass is 431 g/mol. The van der Waals surface area contributed by atoms with Gasteiger partial charge < -0.3 is 5.11 Å². The number of carbonyl (C=O) groups is 1. The number of hydrogen-bond acceptors (Lipinski definition) is 4. The van der Waals surface area contributed by atoms with Crippen LogP contribution in [0, 0.1) is 21.8 Å². The summed E-state index contributed by atoms with van der Waals surface area (Å²) in [5.41, 5.74) is 1.60. The number of benzene rings is 2. The number of aryl methyl sites for hydroxylation is 1. The van der Waals surface area contributed by atoms with E-state index in [1.165, 1.54) is 23.0 Å². The maximum absolute atomic E-state index is 12.8.